The summed E-state index contributed by atoms with van der Waals surface area (Å²) in [7, 11) is 0. The van der Waals surface area contributed by atoms with Crippen molar-refractivity contribution >= 4 is 17.3 Å². The van der Waals surface area contributed by atoms with Gasteiger partial charge in [-0.15, -0.1) is 0 Å². The van der Waals surface area contributed by atoms with Crippen LogP contribution in [-0.4, -0.2) is 10.8 Å². The minimum absolute atomic E-state index is 0.0517. The zero-order valence-corrected chi connectivity index (χ0v) is 12.1. The molecule has 0 radical (unpaired) electrons. The van der Waals surface area contributed by atoms with Gasteiger partial charge in [0.1, 0.15) is 0 Å². The van der Waals surface area contributed by atoms with Gasteiger partial charge in [0.15, 0.2) is 0 Å². The molecule has 2 rings (SSSR count). The molecule has 2 aromatic carbocycles. The fourth-order valence-electron chi connectivity index (χ4n) is 2.26. The van der Waals surface area contributed by atoms with Crippen LogP contribution in [0.1, 0.15) is 27.0 Å². The molecular weight excluding hydrogens is 268 g/mol. The van der Waals surface area contributed by atoms with Gasteiger partial charge in [-0.1, -0.05) is 24.3 Å². The lowest BCUT2D eigenvalue weighted by Crippen LogP contribution is -2.15. The van der Waals surface area contributed by atoms with Crippen LogP contribution in [0.5, 0.6) is 0 Å². The Morgan fingerprint density at radius 2 is 1.62 bits per heavy atom. The average molecular weight is 284 g/mol. The van der Waals surface area contributed by atoms with Crippen molar-refractivity contribution in [3.05, 3.63) is 68.8 Å². The van der Waals surface area contributed by atoms with E-state index >= 15 is 0 Å². The van der Waals surface area contributed by atoms with E-state index in [1.807, 2.05) is 32.0 Å². The number of hydrogen-bond donors (Lipinski definition) is 1. The van der Waals surface area contributed by atoms with Gasteiger partial charge in [0.05, 0.1) is 4.92 Å². The van der Waals surface area contributed by atoms with Crippen molar-refractivity contribution in [3.8, 4) is 0 Å². The van der Waals surface area contributed by atoms with Crippen LogP contribution in [0.25, 0.3) is 0 Å². The van der Waals surface area contributed by atoms with Crippen LogP contribution in [0, 0.1) is 30.9 Å². The first-order valence-electron chi connectivity index (χ1n) is 6.53. The Morgan fingerprint density at radius 3 is 2.19 bits per heavy atom. The number of carbonyl (C=O) groups excluding carboxylic acids is 1. The Labute approximate surface area is 122 Å². The van der Waals surface area contributed by atoms with E-state index in [-0.39, 0.29) is 11.6 Å². The first-order chi connectivity index (χ1) is 9.91. The Balaban J connectivity index is 2.38. The third-order valence-electron chi connectivity index (χ3n) is 3.47. The summed E-state index contributed by atoms with van der Waals surface area (Å²) in [6.07, 6.45) is 0. The molecule has 0 aliphatic carbocycles. The summed E-state index contributed by atoms with van der Waals surface area (Å²) in [4.78, 5) is 22.8. The zero-order chi connectivity index (χ0) is 15.6. The van der Waals surface area contributed by atoms with Crippen molar-refractivity contribution in [1.82, 2.24) is 0 Å². The second-order valence-electron chi connectivity index (χ2n) is 4.93. The Hall–Kier alpha value is -2.69. The van der Waals surface area contributed by atoms with E-state index in [4.69, 9.17) is 0 Å². The van der Waals surface area contributed by atoms with Crippen molar-refractivity contribution in [3.63, 3.8) is 0 Å². The molecule has 0 saturated heterocycles. The highest BCUT2D eigenvalue weighted by atomic mass is 16.6. The number of aryl methyl sites for hydroxylation is 2. The maximum absolute atomic E-state index is 12.4. The Morgan fingerprint density at radius 1 is 1.05 bits per heavy atom. The second kappa shape index (κ2) is 5.75. The van der Waals surface area contributed by atoms with E-state index in [0.29, 0.717) is 11.1 Å². The fraction of sp³-hybridized carbons (Fsp3) is 0.188. The van der Waals surface area contributed by atoms with Gasteiger partial charge >= 0.3 is 0 Å². The molecular formula is C16H16N2O3. The predicted octanol–water partition coefficient (Wildman–Crippen LogP) is 3.77. The molecule has 0 aromatic heterocycles. The number of benzene rings is 2. The summed E-state index contributed by atoms with van der Waals surface area (Å²) in [5.41, 5.74) is 3.27. The van der Waals surface area contributed by atoms with Gasteiger partial charge in [0, 0.05) is 22.9 Å². The maximum atomic E-state index is 12.4. The van der Waals surface area contributed by atoms with Crippen LogP contribution in [-0.2, 0) is 0 Å². The molecule has 0 saturated carbocycles. The monoisotopic (exact) mass is 284 g/mol. The lowest BCUT2D eigenvalue weighted by molar-refractivity contribution is -0.385. The Kier molecular flexibility index (Phi) is 4.03. The summed E-state index contributed by atoms with van der Waals surface area (Å²) in [6, 6.07) is 10.2. The van der Waals surface area contributed by atoms with E-state index in [1.54, 1.807) is 13.0 Å². The van der Waals surface area contributed by atoms with E-state index < -0.39 is 4.92 Å². The lowest BCUT2D eigenvalue weighted by Gasteiger charge is -2.12. The summed E-state index contributed by atoms with van der Waals surface area (Å²) >= 11 is 0. The normalized spacial score (nSPS) is 10.2. The largest absolute Gasteiger partial charge is 0.321 e. The van der Waals surface area contributed by atoms with Gasteiger partial charge in [-0.3, -0.25) is 14.9 Å². The quantitative estimate of drug-likeness (QED) is 0.688. The molecule has 21 heavy (non-hydrogen) atoms. The summed E-state index contributed by atoms with van der Waals surface area (Å²) in [6.45, 7) is 5.39. The third kappa shape index (κ3) is 2.91. The summed E-state index contributed by atoms with van der Waals surface area (Å²) in [5, 5.41) is 13.8. The van der Waals surface area contributed by atoms with Gasteiger partial charge in [-0.2, -0.15) is 0 Å². The van der Waals surface area contributed by atoms with Gasteiger partial charge in [0.2, 0.25) is 0 Å². The zero-order valence-electron chi connectivity index (χ0n) is 12.1. The molecule has 5 nitrogen and oxygen atoms in total. The molecule has 2 aromatic rings. The molecule has 5 heteroatoms. The molecule has 0 bridgehead atoms. The lowest BCUT2D eigenvalue weighted by atomic mass is 10.0. The number of hydrogen-bond acceptors (Lipinski definition) is 3. The average Bonchev–Trinajstić information content (AvgIpc) is 2.42. The summed E-state index contributed by atoms with van der Waals surface area (Å²) < 4.78 is 0. The smallest absolute Gasteiger partial charge is 0.273 e. The SMILES string of the molecule is Cc1cccc(C)c1NC(=O)c1cccc([N+](=O)[O-])c1C. The number of para-hydroxylation sites is 1. The third-order valence-corrected chi connectivity index (χ3v) is 3.47. The number of carbonyl (C=O) groups is 1. The van der Waals surface area contributed by atoms with E-state index in [1.165, 1.54) is 12.1 Å². The van der Waals surface area contributed by atoms with E-state index in [9.17, 15) is 14.9 Å². The predicted molar refractivity (Wildman–Crippen MR) is 81.7 cm³/mol. The summed E-state index contributed by atoms with van der Waals surface area (Å²) in [5.74, 6) is -0.339. The highest BCUT2D eigenvalue weighted by Crippen LogP contribution is 2.24. The molecule has 0 aliphatic rings. The standard InChI is InChI=1S/C16H16N2O3/c1-10-6-4-7-11(2)15(10)17-16(19)13-8-5-9-14(12(13)3)18(20)21/h4-9H,1-3H3,(H,17,19). The highest BCUT2D eigenvalue weighted by Gasteiger charge is 2.18. The van der Waals surface area contributed by atoms with Crippen LogP contribution < -0.4 is 5.32 Å². The highest BCUT2D eigenvalue weighted by molar-refractivity contribution is 6.06. The van der Waals surface area contributed by atoms with Crippen molar-refractivity contribution in [1.29, 1.82) is 0 Å². The van der Waals surface area contributed by atoms with Crippen molar-refractivity contribution in [2.75, 3.05) is 5.32 Å². The first-order valence-corrected chi connectivity index (χ1v) is 6.53. The topological polar surface area (TPSA) is 72.2 Å². The maximum Gasteiger partial charge on any atom is 0.273 e. The van der Waals surface area contributed by atoms with Gasteiger partial charge in [0.25, 0.3) is 11.6 Å². The molecule has 108 valence electrons. The van der Waals surface area contributed by atoms with Crippen molar-refractivity contribution in [2.45, 2.75) is 20.8 Å². The Bertz CT molecular complexity index is 703. The number of anilines is 1. The number of rotatable bonds is 3. The van der Waals surface area contributed by atoms with Crippen molar-refractivity contribution in [2.24, 2.45) is 0 Å². The number of nitrogens with one attached hydrogen (secondary N) is 1. The van der Waals surface area contributed by atoms with Crippen molar-refractivity contribution < 1.29 is 9.72 Å². The molecule has 0 heterocycles. The van der Waals surface area contributed by atoms with E-state index in [2.05, 4.69) is 5.32 Å². The van der Waals surface area contributed by atoms with Gasteiger partial charge in [-0.25, -0.2) is 0 Å². The van der Waals surface area contributed by atoms with Crippen LogP contribution in [0.4, 0.5) is 11.4 Å². The van der Waals surface area contributed by atoms with E-state index in [0.717, 1.165) is 16.8 Å². The molecule has 0 spiro atoms. The number of nitro benzene ring substituents is 1. The molecule has 1 amide bonds. The minimum Gasteiger partial charge on any atom is -0.321 e. The number of amides is 1. The fourth-order valence-corrected chi connectivity index (χ4v) is 2.26. The molecule has 0 fully saturated rings. The number of nitro groups is 1. The number of nitrogens with zero attached hydrogens (tertiary/aromatic N) is 1. The van der Waals surface area contributed by atoms with Gasteiger partial charge in [-0.05, 0) is 38.0 Å². The minimum atomic E-state index is -0.481. The molecule has 0 atom stereocenters. The first kappa shape index (κ1) is 14.7. The van der Waals surface area contributed by atoms with Crippen LogP contribution in [0.15, 0.2) is 36.4 Å². The van der Waals surface area contributed by atoms with Crippen LogP contribution in [0.2, 0.25) is 0 Å². The molecule has 0 aliphatic heterocycles. The molecule has 1 N–H and O–H groups in total. The second-order valence-corrected chi connectivity index (χ2v) is 4.93. The van der Waals surface area contributed by atoms with Crippen LogP contribution >= 0.6 is 0 Å². The molecule has 0 unspecified atom stereocenters. The van der Waals surface area contributed by atoms with Gasteiger partial charge < -0.3 is 5.32 Å². The van der Waals surface area contributed by atoms with Crippen LogP contribution in [0.3, 0.4) is 0 Å².